The van der Waals surface area contributed by atoms with Crippen LogP contribution in [0.4, 0.5) is 0 Å². The van der Waals surface area contributed by atoms with E-state index in [-0.39, 0.29) is 0 Å². The predicted octanol–water partition coefficient (Wildman–Crippen LogP) is 3.79. The molecule has 1 aromatic heterocycles. The average molecular weight is 187 g/mol. The fourth-order valence-corrected chi connectivity index (χ4v) is 0.698. The molecule has 0 atom stereocenters. The van der Waals surface area contributed by atoms with E-state index in [2.05, 4.69) is 4.98 Å². The van der Waals surface area contributed by atoms with E-state index in [0.29, 0.717) is 0 Å². The van der Waals surface area contributed by atoms with Gasteiger partial charge in [-0.3, -0.25) is 4.98 Å². The number of hydrogen-bond acceptors (Lipinski definition) is 1. The molecule has 1 heterocycles. The van der Waals surface area contributed by atoms with Crippen molar-refractivity contribution < 1.29 is 0 Å². The number of pyridine rings is 1. The molecule has 2 aromatic rings. The summed E-state index contributed by atoms with van der Waals surface area (Å²) in [5.74, 6) is 0. The standard InChI is InChI=1S/C6H6.C5H5N.C2H6/c2*1-2-4-6-5-3-1;1-2/h1-6H;1-5H;1-2H3. The van der Waals surface area contributed by atoms with Crippen molar-refractivity contribution in [2.45, 2.75) is 13.8 Å². The molecule has 1 nitrogen and oxygen atoms in total. The SMILES string of the molecule is CC.c1ccccc1.c1ccncc1. The molecular weight excluding hydrogens is 170 g/mol. The Morgan fingerprint density at radius 2 is 0.786 bits per heavy atom. The van der Waals surface area contributed by atoms with Gasteiger partial charge in [-0.1, -0.05) is 56.3 Å². The van der Waals surface area contributed by atoms with Gasteiger partial charge in [0.05, 0.1) is 0 Å². The third-order valence-corrected chi connectivity index (χ3v) is 1.23. The average Bonchev–Trinajstić information content (AvgIpc) is 2.37. The van der Waals surface area contributed by atoms with Gasteiger partial charge in [0.1, 0.15) is 0 Å². The molecule has 0 unspecified atom stereocenters. The third kappa shape index (κ3) is 8.47. The summed E-state index contributed by atoms with van der Waals surface area (Å²) in [7, 11) is 0. The van der Waals surface area contributed by atoms with Gasteiger partial charge in [-0.2, -0.15) is 0 Å². The Bertz CT molecular complexity index is 181. The number of benzene rings is 1. The summed E-state index contributed by atoms with van der Waals surface area (Å²) in [4.78, 5) is 3.78. The summed E-state index contributed by atoms with van der Waals surface area (Å²) in [6.07, 6.45) is 3.50. The largest absolute Gasteiger partial charge is 0.265 e. The fourth-order valence-electron chi connectivity index (χ4n) is 0.698. The molecule has 0 N–H and O–H groups in total. The van der Waals surface area contributed by atoms with E-state index < -0.39 is 0 Å². The second-order valence-corrected chi connectivity index (χ2v) is 2.18. The summed E-state index contributed by atoms with van der Waals surface area (Å²) >= 11 is 0. The molecule has 0 radical (unpaired) electrons. The van der Waals surface area contributed by atoms with Gasteiger partial charge in [0.15, 0.2) is 0 Å². The van der Waals surface area contributed by atoms with Crippen LogP contribution >= 0.6 is 0 Å². The first kappa shape index (κ1) is 12.4. The molecule has 0 aliphatic heterocycles. The highest BCUT2D eigenvalue weighted by Crippen LogP contribution is 1.79. The van der Waals surface area contributed by atoms with Crippen LogP contribution in [-0.2, 0) is 0 Å². The molecule has 0 saturated carbocycles. The first-order valence-electron chi connectivity index (χ1n) is 4.85. The van der Waals surface area contributed by atoms with Crippen molar-refractivity contribution in [2.75, 3.05) is 0 Å². The molecule has 0 bridgehead atoms. The predicted molar refractivity (Wildman–Crippen MR) is 62.0 cm³/mol. The van der Waals surface area contributed by atoms with Crippen LogP contribution in [0.25, 0.3) is 0 Å². The molecule has 2 rings (SSSR count). The Hall–Kier alpha value is -1.63. The minimum absolute atomic E-state index is 1.75. The zero-order chi connectivity index (χ0) is 10.5. The van der Waals surface area contributed by atoms with Crippen LogP contribution < -0.4 is 0 Å². The minimum Gasteiger partial charge on any atom is -0.265 e. The zero-order valence-corrected chi connectivity index (χ0v) is 8.80. The van der Waals surface area contributed by atoms with E-state index in [0.717, 1.165) is 0 Å². The number of aromatic nitrogens is 1. The Balaban J connectivity index is 0.000000206. The van der Waals surface area contributed by atoms with Crippen LogP contribution in [0.1, 0.15) is 13.8 Å². The number of rotatable bonds is 0. The van der Waals surface area contributed by atoms with Crippen molar-refractivity contribution in [3.05, 3.63) is 67.0 Å². The van der Waals surface area contributed by atoms with E-state index in [1.807, 2.05) is 68.4 Å². The zero-order valence-electron chi connectivity index (χ0n) is 8.80. The molecule has 0 aliphatic carbocycles. The molecular formula is C13H17N. The lowest BCUT2D eigenvalue weighted by atomic mass is 10.4. The van der Waals surface area contributed by atoms with Crippen LogP contribution in [0, 0.1) is 0 Å². The summed E-state index contributed by atoms with van der Waals surface area (Å²) in [6.45, 7) is 4.00. The fraction of sp³-hybridized carbons (Fsp3) is 0.154. The molecule has 0 amide bonds. The van der Waals surface area contributed by atoms with Crippen LogP contribution in [0.5, 0.6) is 0 Å². The van der Waals surface area contributed by atoms with E-state index in [4.69, 9.17) is 0 Å². The lowest BCUT2D eigenvalue weighted by Gasteiger charge is -1.70. The molecule has 1 heteroatoms. The Morgan fingerprint density at radius 1 is 0.500 bits per heavy atom. The van der Waals surface area contributed by atoms with Crippen molar-refractivity contribution in [3.63, 3.8) is 0 Å². The van der Waals surface area contributed by atoms with Gasteiger partial charge in [0.25, 0.3) is 0 Å². The maximum atomic E-state index is 3.78. The summed E-state index contributed by atoms with van der Waals surface area (Å²) in [6, 6.07) is 17.7. The van der Waals surface area contributed by atoms with Crippen molar-refractivity contribution >= 4 is 0 Å². The van der Waals surface area contributed by atoms with Crippen LogP contribution in [0.15, 0.2) is 67.0 Å². The summed E-state index contributed by atoms with van der Waals surface area (Å²) in [5.41, 5.74) is 0. The molecule has 1 aromatic carbocycles. The minimum atomic E-state index is 1.75. The smallest absolute Gasteiger partial charge is 0.0267 e. The maximum absolute atomic E-state index is 3.78. The van der Waals surface area contributed by atoms with E-state index >= 15 is 0 Å². The van der Waals surface area contributed by atoms with Gasteiger partial charge in [-0.25, -0.2) is 0 Å². The van der Waals surface area contributed by atoms with Crippen LogP contribution in [0.2, 0.25) is 0 Å². The highest BCUT2D eigenvalue weighted by atomic mass is 14.6. The summed E-state index contributed by atoms with van der Waals surface area (Å²) in [5, 5.41) is 0. The second-order valence-electron chi connectivity index (χ2n) is 2.18. The van der Waals surface area contributed by atoms with Crippen LogP contribution in [-0.4, -0.2) is 4.98 Å². The van der Waals surface area contributed by atoms with Crippen LogP contribution in [0.3, 0.4) is 0 Å². The topological polar surface area (TPSA) is 12.9 Å². The highest BCUT2D eigenvalue weighted by molar-refractivity contribution is 4.99. The lowest BCUT2D eigenvalue weighted by molar-refractivity contribution is 1.33. The van der Waals surface area contributed by atoms with Crippen molar-refractivity contribution in [3.8, 4) is 0 Å². The van der Waals surface area contributed by atoms with Gasteiger partial charge < -0.3 is 0 Å². The number of hydrogen-bond donors (Lipinski definition) is 0. The first-order valence-corrected chi connectivity index (χ1v) is 4.85. The Labute approximate surface area is 86.4 Å². The monoisotopic (exact) mass is 187 g/mol. The second kappa shape index (κ2) is 11.4. The molecule has 0 saturated heterocycles. The number of nitrogens with zero attached hydrogens (tertiary/aromatic N) is 1. The molecule has 14 heavy (non-hydrogen) atoms. The third-order valence-electron chi connectivity index (χ3n) is 1.23. The van der Waals surface area contributed by atoms with E-state index in [9.17, 15) is 0 Å². The van der Waals surface area contributed by atoms with E-state index in [1.165, 1.54) is 0 Å². The van der Waals surface area contributed by atoms with Crippen molar-refractivity contribution in [1.82, 2.24) is 4.98 Å². The highest BCUT2D eigenvalue weighted by Gasteiger charge is 1.58. The summed E-state index contributed by atoms with van der Waals surface area (Å²) < 4.78 is 0. The Kier molecular flexibility index (Phi) is 10.0. The lowest BCUT2D eigenvalue weighted by Crippen LogP contribution is -1.58. The maximum Gasteiger partial charge on any atom is 0.0267 e. The normalized spacial score (nSPS) is 7.29. The van der Waals surface area contributed by atoms with Gasteiger partial charge in [0, 0.05) is 12.4 Å². The van der Waals surface area contributed by atoms with Gasteiger partial charge in [-0.05, 0) is 12.1 Å². The van der Waals surface area contributed by atoms with E-state index in [1.54, 1.807) is 12.4 Å². The molecule has 74 valence electrons. The molecule has 0 spiro atoms. The van der Waals surface area contributed by atoms with Crippen molar-refractivity contribution in [1.29, 1.82) is 0 Å². The Morgan fingerprint density at radius 3 is 0.929 bits per heavy atom. The molecule has 0 aliphatic rings. The quantitative estimate of drug-likeness (QED) is 0.611. The van der Waals surface area contributed by atoms with Gasteiger partial charge in [-0.15, -0.1) is 0 Å². The van der Waals surface area contributed by atoms with Gasteiger partial charge >= 0.3 is 0 Å². The van der Waals surface area contributed by atoms with Crippen molar-refractivity contribution in [2.24, 2.45) is 0 Å². The first-order chi connectivity index (χ1) is 7.00. The molecule has 0 fully saturated rings. The van der Waals surface area contributed by atoms with Gasteiger partial charge in [0.2, 0.25) is 0 Å².